The Balaban J connectivity index is 1.31. The number of para-hydroxylation sites is 1. The lowest BCUT2D eigenvalue weighted by Crippen LogP contribution is -2.17. The number of hydrogen-bond donors (Lipinski definition) is 1. The van der Waals surface area contributed by atoms with Gasteiger partial charge in [0.2, 0.25) is 0 Å². The van der Waals surface area contributed by atoms with Gasteiger partial charge in [0.25, 0.3) is 0 Å². The molecule has 61 heavy (non-hydrogen) atoms. The van der Waals surface area contributed by atoms with Crippen molar-refractivity contribution in [2.75, 3.05) is 0 Å². The van der Waals surface area contributed by atoms with Crippen molar-refractivity contribution in [3.05, 3.63) is 193 Å². The smallest absolute Gasteiger partial charge is 0.149 e. The van der Waals surface area contributed by atoms with E-state index in [0.29, 0.717) is 17.0 Å². The Morgan fingerprint density at radius 2 is 1.21 bits per heavy atom. The summed E-state index contributed by atoms with van der Waals surface area (Å²) in [7, 11) is 0. The van der Waals surface area contributed by atoms with Crippen LogP contribution in [0, 0.1) is 6.92 Å². The Kier molecular flexibility index (Phi) is 8.59. The van der Waals surface area contributed by atoms with Crippen LogP contribution in [0.4, 0.5) is 0 Å². The summed E-state index contributed by atoms with van der Waals surface area (Å²) in [5, 5.41) is 12.4. The summed E-state index contributed by atoms with van der Waals surface area (Å²) >= 11 is 0. The van der Waals surface area contributed by atoms with E-state index in [1.54, 1.807) is 12.1 Å². The van der Waals surface area contributed by atoms with Gasteiger partial charge in [-0.25, -0.2) is 4.98 Å². The summed E-state index contributed by atoms with van der Waals surface area (Å²) in [6.07, 6.45) is 1.86. The molecule has 1 N–H and O–H groups in total. The quantitative estimate of drug-likeness (QED) is 0.175. The van der Waals surface area contributed by atoms with Crippen LogP contribution in [0.3, 0.4) is 0 Å². The first-order chi connectivity index (χ1) is 31.4. The second-order valence-corrected chi connectivity index (χ2v) is 17.9. The van der Waals surface area contributed by atoms with Crippen LogP contribution in [-0.2, 0) is 10.8 Å². The number of rotatable bonds is 7. The highest BCUT2D eigenvalue weighted by Crippen LogP contribution is 2.45. The fourth-order valence-electron chi connectivity index (χ4n) is 8.08. The minimum Gasteiger partial charge on any atom is -0.507 e. The number of phenolic OH excluding ortho intramolecular Hbond substituents is 1. The molecule has 0 unspecified atom stereocenters. The van der Waals surface area contributed by atoms with Gasteiger partial charge in [0.05, 0.1) is 29.1 Å². The fraction of sp³-hybridized carbons (Fsp3) is 0.158. The standard InChI is InChI=1S/C57H51N3O/c1-37-16-14-21-41(30-37)42-28-29-58-51(34-42)45-32-43(39-19-12-9-13-20-39)31-44(33-45)48-22-15-23-52-53(48)59-55(49-35-46(56(2,3)4)36-50(54(49)61)57(5,6)7)60(52)47-26-24-40(25-27-47)38-17-10-8-11-18-38/h8-36,61H,1-7H3/i8D,10D,11D,17D,18D. The summed E-state index contributed by atoms with van der Waals surface area (Å²) in [5.74, 6) is 0.686. The largest absolute Gasteiger partial charge is 0.507 e. The van der Waals surface area contributed by atoms with E-state index in [9.17, 15) is 5.11 Å². The molecule has 9 aromatic rings. The van der Waals surface area contributed by atoms with Gasteiger partial charge < -0.3 is 5.11 Å². The van der Waals surface area contributed by atoms with Gasteiger partial charge in [-0.15, -0.1) is 0 Å². The zero-order valence-electron chi connectivity index (χ0n) is 40.6. The number of aromatic hydroxyl groups is 1. The molecule has 0 amide bonds. The van der Waals surface area contributed by atoms with Crippen molar-refractivity contribution in [2.24, 2.45) is 0 Å². The molecule has 0 radical (unpaired) electrons. The molecule has 0 aliphatic rings. The Bertz CT molecular complexity index is 3320. The molecule has 2 heterocycles. The Morgan fingerprint density at radius 3 is 1.93 bits per heavy atom. The molecule has 0 aliphatic heterocycles. The second kappa shape index (κ2) is 15.5. The lowest BCUT2D eigenvalue weighted by atomic mass is 9.79. The summed E-state index contributed by atoms with van der Waals surface area (Å²) in [6.45, 7) is 14.9. The Labute approximate surface area is 366 Å². The van der Waals surface area contributed by atoms with E-state index < -0.39 is 11.5 Å². The van der Waals surface area contributed by atoms with Crippen molar-refractivity contribution in [1.29, 1.82) is 0 Å². The summed E-state index contributed by atoms with van der Waals surface area (Å²) in [6, 6.07) is 45.4. The first kappa shape index (κ1) is 33.8. The van der Waals surface area contributed by atoms with Crippen LogP contribution in [0.2, 0.25) is 0 Å². The predicted molar refractivity (Wildman–Crippen MR) is 255 cm³/mol. The number of benzene rings is 7. The zero-order valence-corrected chi connectivity index (χ0v) is 35.6. The van der Waals surface area contributed by atoms with Crippen LogP contribution < -0.4 is 0 Å². The van der Waals surface area contributed by atoms with E-state index in [4.69, 9.17) is 16.8 Å². The number of imidazole rings is 1. The lowest BCUT2D eigenvalue weighted by molar-refractivity contribution is 0.446. The molecule has 2 aromatic heterocycles. The molecule has 7 aromatic carbocycles. The van der Waals surface area contributed by atoms with Crippen LogP contribution in [0.1, 0.15) is 65.1 Å². The van der Waals surface area contributed by atoms with Gasteiger partial charge in [0, 0.05) is 28.6 Å². The topological polar surface area (TPSA) is 50.9 Å². The van der Waals surface area contributed by atoms with Crippen LogP contribution >= 0.6 is 0 Å². The van der Waals surface area contributed by atoms with Gasteiger partial charge in [-0.2, -0.15) is 0 Å². The molecular formula is C57H51N3O. The minimum atomic E-state index is -0.434. The van der Waals surface area contributed by atoms with Crippen LogP contribution in [0.15, 0.2) is 176 Å². The van der Waals surface area contributed by atoms with E-state index in [-0.39, 0.29) is 40.9 Å². The Hall–Kier alpha value is -7.04. The Morgan fingerprint density at radius 1 is 0.541 bits per heavy atom. The molecule has 0 bridgehead atoms. The van der Waals surface area contributed by atoms with Crippen molar-refractivity contribution in [3.63, 3.8) is 0 Å². The first-order valence-electron chi connectivity index (χ1n) is 23.2. The van der Waals surface area contributed by atoms with E-state index in [1.165, 1.54) is 5.56 Å². The maximum Gasteiger partial charge on any atom is 0.149 e. The van der Waals surface area contributed by atoms with E-state index in [1.807, 2.05) is 65.4 Å². The van der Waals surface area contributed by atoms with Gasteiger partial charge in [-0.05, 0) is 117 Å². The third kappa shape index (κ3) is 7.78. The average Bonchev–Trinajstić information content (AvgIpc) is 3.69. The molecular weight excluding hydrogens is 743 g/mol. The highest BCUT2D eigenvalue weighted by molar-refractivity contribution is 5.98. The first-order valence-corrected chi connectivity index (χ1v) is 20.7. The molecule has 9 rings (SSSR count). The van der Waals surface area contributed by atoms with Crippen molar-refractivity contribution in [2.45, 2.75) is 59.3 Å². The molecule has 0 spiro atoms. The average molecular weight is 799 g/mol. The molecule has 0 aliphatic carbocycles. The van der Waals surface area contributed by atoms with Crippen molar-refractivity contribution in [1.82, 2.24) is 14.5 Å². The van der Waals surface area contributed by atoms with Crippen LogP contribution in [0.5, 0.6) is 5.75 Å². The summed E-state index contributed by atoms with van der Waals surface area (Å²) in [5.41, 5.74) is 13.7. The molecule has 0 atom stereocenters. The normalized spacial score (nSPS) is 13.1. The van der Waals surface area contributed by atoms with Gasteiger partial charge >= 0.3 is 0 Å². The molecule has 300 valence electrons. The van der Waals surface area contributed by atoms with Crippen LogP contribution in [0.25, 0.3) is 83.9 Å². The highest BCUT2D eigenvalue weighted by atomic mass is 16.3. The van der Waals surface area contributed by atoms with Gasteiger partial charge in [-0.1, -0.05) is 162 Å². The maximum atomic E-state index is 12.4. The number of aryl methyl sites for hydroxylation is 1. The van der Waals surface area contributed by atoms with E-state index >= 15 is 0 Å². The molecule has 0 saturated heterocycles. The van der Waals surface area contributed by atoms with E-state index in [0.717, 1.165) is 72.5 Å². The van der Waals surface area contributed by atoms with E-state index in [2.05, 4.69) is 121 Å². The van der Waals surface area contributed by atoms with Gasteiger partial charge in [-0.3, -0.25) is 9.55 Å². The fourth-order valence-corrected chi connectivity index (χ4v) is 8.08. The SMILES string of the molecule is [2H]c1c([2H])c([2H])c(-c2ccc(-n3c(-c4cc(C(C)(C)C)cc(C(C)(C)C)c4O)nc4c(-c5cc(-c6ccccc6)cc(-c6cc(-c7cccc(C)c7)ccn6)c5)cccc43)cc2)c([2H])c1[2H]. The number of phenols is 1. The van der Waals surface area contributed by atoms with Crippen molar-refractivity contribution in [3.8, 4) is 78.6 Å². The third-order valence-corrected chi connectivity index (χ3v) is 11.4. The number of aromatic nitrogens is 3. The summed E-state index contributed by atoms with van der Waals surface area (Å²) < 4.78 is 44.2. The maximum absolute atomic E-state index is 12.4. The summed E-state index contributed by atoms with van der Waals surface area (Å²) in [4.78, 5) is 10.4. The lowest BCUT2D eigenvalue weighted by Gasteiger charge is -2.27. The third-order valence-electron chi connectivity index (χ3n) is 11.4. The van der Waals surface area contributed by atoms with Crippen molar-refractivity contribution < 1.29 is 12.0 Å². The molecule has 4 heteroatoms. The second-order valence-electron chi connectivity index (χ2n) is 17.9. The zero-order chi connectivity index (χ0) is 46.8. The predicted octanol–water partition coefficient (Wildman–Crippen LogP) is 15.0. The molecule has 0 saturated carbocycles. The number of fused-ring (bicyclic) bond motifs is 1. The monoisotopic (exact) mass is 798 g/mol. The highest BCUT2D eigenvalue weighted by Gasteiger charge is 2.28. The number of hydrogen-bond acceptors (Lipinski definition) is 3. The molecule has 0 fully saturated rings. The van der Waals surface area contributed by atoms with Gasteiger partial charge in [0.15, 0.2) is 0 Å². The minimum absolute atomic E-state index is 0.129. The molecule has 4 nitrogen and oxygen atoms in total. The van der Waals surface area contributed by atoms with Crippen molar-refractivity contribution >= 4 is 11.0 Å². The number of pyridine rings is 1. The van der Waals surface area contributed by atoms with Gasteiger partial charge in [0.1, 0.15) is 11.6 Å². The number of nitrogens with zero attached hydrogens (tertiary/aromatic N) is 3. The van der Waals surface area contributed by atoms with Crippen LogP contribution in [-0.4, -0.2) is 19.6 Å².